The summed E-state index contributed by atoms with van der Waals surface area (Å²) in [6.07, 6.45) is 5.75. The van der Waals surface area contributed by atoms with Crippen molar-refractivity contribution < 1.29 is 9.53 Å². The summed E-state index contributed by atoms with van der Waals surface area (Å²) in [4.78, 5) is 14.3. The van der Waals surface area contributed by atoms with Crippen molar-refractivity contribution >= 4 is 6.09 Å². The molecule has 4 heteroatoms. The Hall–Kier alpha value is -1.55. The lowest BCUT2D eigenvalue weighted by atomic mass is 10.0. The number of hydrogen-bond acceptors (Lipinski definition) is 3. The van der Waals surface area contributed by atoms with Crippen molar-refractivity contribution in [1.29, 1.82) is 0 Å². The molecule has 1 saturated heterocycles. The zero-order valence-corrected chi connectivity index (χ0v) is 12.5. The molecule has 2 aliphatic rings. The second kappa shape index (κ2) is 6.94. The maximum Gasteiger partial charge on any atom is 0.410 e. The largest absolute Gasteiger partial charge is 0.445 e. The molecule has 1 saturated carbocycles. The molecule has 4 nitrogen and oxygen atoms in total. The van der Waals surface area contributed by atoms with E-state index in [4.69, 9.17) is 4.74 Å². The van der Waals surface area contributed by atoms with Gasteiger partial charge in [-0.2, -0.15) is 0 Å². The number of rotatable bonds is 5. The monoisotopic (exact) mass is 288 g/mol. The molecule has 3 rings (SSSR count). The molecule has 114 valence electrons. The predicted octanol–water partition coefficient (Wildman–Crippen LogP) is 2.93. The van der Waals surface area contributed by atoms with E-state index in [0.29, 0.717) is 18.7 Å². The second-order valence-corrected chi connectivity index (χ2v) is 6.07. The maximum atomic E-state index is 12.3. The number of carbonyl (C=O) groups is 1. The summed E-state index contributed by atoms with van der Waals surface area (Å²) in [5, 5.41) is 3.51. The predicted molar refractivity (Wildman–Crippen MR) is 82.0 cm³/mol. The van der Waals surface area contributed by atoms with Gasteiger partial charge in [-0.05, 0) is 37.8 Å². The van der Waals surface area contributed by atoms with Crippen LogP contribution in [0.25, 0.3) is 0 Å². The zero-order chi connectivity index (χ0) is 14.5. The molecule has 1 atom stereocenters. The number of amides is 1. The first-order valence-electron chi connectivity index (χ1n) is 8.03. The van der Waals surface area contributed by atoms with Crippen molar-refractivity contribution in [3.8, 4) is 0 Å². The van der Waals surface area contributed by atoms with E-state index >= 15 is 0 Å². The quantitative estimate of drug-likeness (QED) is 0.905. The maximum absolute atomic E-state index is 12.3. The average Bonchev–Trinajstić information content (AvgIpc) is 3.37. The molecule has 1 N–H and O–H groups in total. The van der Waals surface area contributed by atoms with Gasteiger partial charge in [-0.1, -0.05) is 36.8 Å². The minimum Gasteiger partial charge on any atom is -0.445 e. The number of nitrogens with one attached hydrogen (secondary N) is 1. The fraction of sp³-hybridized carbons (Fsp3) is 0.588. The van der Waals surface area contributed by atoms with Crippen LogP contribution in [0.3, 0.4) is 0 Å². The summed E-state index contributed by atoms with van der Waals surface area (Å²) in [7, 11) is 0. The third-order valence-corrected chi connectivity index (χ3v) is 4.26. The van der Waals surface area contributed by atoms with Gasteiger partial charge in [0.15, 0.2) is 0 Å². The van der Waals surface area contributed by atoms with Crippen LogP contribution in [0.5, 0.6) is 0 Å². The van der Waals surface area contributed by atoms with Crippen LogP contribution in [0.4, 0.5) is 4.79 Å². The molecule has 1 amide bonds. The molecular formula is C17H24N2O2. The molecule has 1 aromatic carbocycles. The minimum atomic E-state index is -0.159. The van der Waals surface area contributed by atoms with Crippen LogP contribution < -0.4 is 5.32 Å². The highest BCUT2D eigenvalue weighted by molar-refractivity contribution is 5.68. The molecule has 1 aliphatic heterocycles. The molecule has 1 aliphatic carbocycles. The number of ether oxygens (including phenoxy) is 1. The fourth-order valence-corrected chi connectivity index (χ4v) is 2.88. The third kappa shape index (κ3) is 4.21. The molecule has 0 radical (unpaired) electrons. The van der Waals surface area contributed by atoms with E-state index in [0.717, 1.165) is 37.9 Å². The summed E-state index contributed by atoms with van der Waals surface area (Å²) in [5.74, 6) is 0. The van der Waals surface area contributed by atoms with Gasteiger partial charge in [0, 0.05) is 18.6 Å². The number of benzene rings is 1. The Labute approximate surface area is 126 Å². The van der Waals surface area contributed by atoms with Crippen LogP contribution in [0.2, 0.25) is 0 Å². The van der Waals surface area contributed by atoms with Crippen LogP contribution in [0.15, 0.2) is 30.3 Å². The van der Waals surface area contributed by atoms with Gasteiger partial charge in [0.25, 0.3) is 0 Å². The summed E-state index contributed by atoms with van der Waals surface area (Å²) >= 11 is 0. The van der Waals surface area contributed by atoms with Gasteiger partial charge in [0.1, 0.15) is 6.61 Å². The van der Waals surface area contributed by atoms with E-state index in [2.05, 4.69) is 5.32 Å². The van der Waals surface area contributed by atoms with Crippen molar-refractivity contribution in [1.82, 2.24) is 10.2 Å². The van der Waals surface area contributed by atoms with Crippen LogP contribution in [-0.2, 0) is 11.3 Å². The van der Waals surface area contributed by atoms with E-state index < -0.39 is 0 Å². The molecule has 1 aromatic rings. The van der Waals surface area contributed by atoms with Crippen molar-refractivity contribution in [2.24, 2.45) is 0 Å². The van der Waals surface area contributed by atoms with Crippen LogP contribution in [0, 0.1) is 0 Å². The molecule has 0 bridgehead atoms. The number of nitrogens with zero attached hydrogens (tertiary/aromatic N) is 1. The number of piperidine rings is 1. The van der Waals surface area contributed by atoms with Crippen molar-refractivity contribution in [2.75, 3.05) is 13.1 Å². The van der Waals surface area contributed by atoms with Gasteiger partial charge in [-0.3, -0.25) is 0 Å². The van der Waals surface area contributed by atoms with Gasteiger partial charge in [-0.15, -0.1) is 0 Å². The second-order valence-electron chi connectivity index (χ2n) is 6.07. The first-order chi connectivity index (χ1) is 10.3. The third-order valence-electron chi connectivity index (χ3n) is 4.26. The first kappa shape index (κ1) is 14.4. The Kier molecular flexibility index (Phi) is 4.76. The van der Waals surface area contributed by atoms with Crippen LogP contribution in [0.1, 0.15) is 37.7 Å². The minimum absolute atomic E-state index is 0.159. The van der Waals surface area contributed by atoms with E-state index in [1.54, 1.807) is 0 Å². The van der Waals surface area contributed by atoms with Gasteiger partial charge in [-0.25, -0.2) is 4.79 Å². The summed E-state index contributed by atoms with van der Waals surface area (Å²) in [6.45, 7) is 2.22. The van der Waals surface area contributed by atoms with Crippen molar-refractivity contribution in [3.63, 3.8) is 0 Å². The standard InChI is InChI=1S/C17H24N2O2/c20-17(21-13-14-6-2-1-3-7-14)19(16-9-10-16)12-15-8-4-5-11-18-15/h1-3,6-7,15-16,18H,4-5,8-13H2. The Balaban J connectivity index is 1.52. The normalized spacial score (nSPS) is 21.8. The molecule has 0 spiro atoms. The Morgan fingerprint density at radius 2 is 2.00 bits per heavy atom. The van der Waals surface area contributed by atoms with Gasteiger partial charge in [0.05, 0.1) is 0 Å². The van der Waals surface area contributed by atoms with Crippen LogP contribution >= 0.6 is 0 Å². The highest BCUT2D eigenvalue weighted by Gasteiger charge is 2.35. The first-order valence-corrected chi connectivity index (χ1v) is 8.03. The highest BCUT2D eigenvalue weighted by atomic mass is 16.6. The van der Waals surface area contributed by atoms with E-state index in [1.165, 1.54) is 12.8 Å². The lowest BCUT2D eigenvalue weighted by Gasteiger charge is -2.30. The van der Waals surface area contributed by atoms with Crippen molar-refractivity contribution in [2.45, 2.75) is 50.8 Å². The van der Waals surface area contributed by atoms with E-state index in [-0.39, 0.29) is 6.09 Å². The average molecular weight is 288 g/mol. The van der Waals surface area contributed by atoms with E-state index in [1.807, 2.05) is 35.2 Å². The lowest BCUT2D eigenvalue weighted by Crippen LogP contribution is -2.46. The van der Waals surface area contributed by atoms with Crippen LogP contribution in [-0.4, -0.2) is 36.2 Å². The Morgan fingerprint density at radius 3 is 2.67 bits per heavy atom. The summed E-state index contributed by atoms with van der Waals surface area (Å²) in [6, 6.07) is 10.7. The SMILES string of the molecule is O=C(OCc1ccccc1)N(CC1CCCCN1)C1CC1. The summed E-state index contributed by atoms with van der Waals surface area (Å²) in [5.41, 5.74) is 1.04. The van der Waals surface area contributed by atoms with Gasteiger partial charge >= 0.3 is 6.09 Å². The van der Waals surface area contributed by atoms with Gasteiger partial charge < -0.3 is 15.0 Å². The van der Waals surface area contributed by atoms with Gasteiger partial charge in [0.2, 0.25) is 0 Å². The summed E-state index contributed by atoms with van der Waals surface area (Å²) < 4.78 is 5.49. The van der Waals surface area contributed by atoms with Crippen molar-refractivity contribution in [3.05, 3.63) is 35.9 Å². The molecule has 1 unspecified atom stereocenters. The Morgan fingerprint density at radius 1 is 1.19 bits per heavy atom. The smallest absolute Gasteiger partial charge is 0.410 e. The topological polar surface area (TPSA) is 41.6 Å². The molecule has 0 aromatic heterocycles. The zero-order valence-electron chi connectivity index (χ0n) is 12.5. The lowest BCUT2D eigenvalue weighted by molar-refractivity contribution is 0.0881. The Bertz CT molecular complexity index is 453. The molecular weight excluding hydrogens is 264 g/mol. The van der Waals surface area contributed by atoms with E-state index in [9.17, 15) is 4.79 Å². The molecule has 2 fully saturated rings. The number of carbonyl (C=O) groups excluding carboxylic acids is 1. The number of hydrogen-bond donors (Lipinski definition) is 1. The highest BCUT2D eigenvalue weighted by Crippen LogP contribution is 2.28. The molecule has 21 heavy (non-hydrogen) atoms. The molecule has 1 heterocycles. The fourth-order valence-electron chi connectivity index (χ4n) is 2.88.